The molecule has 1 unspecified atom stereocenters. The molecule has 4 nitrogen and oxygen atoms in total. The molecule has 2 amide bonds. The number of piperazine rings is 1. The highest BCUT2D eigenvalue weighted by molar-refractivity contribution is 6.33. The van der Waals surface area contributed by atoms with Crippen LogP contribution in [0.5, 0.6) is 0 Å². The molecule has 1 atom stereocenters. The standard InChI is InChI=1S/C23H24ClN3O/c1-17(19-10-6-8-18-7-2-3-9-20(18)19)25-23(28)27-15-13-26(14-16-27)22-12-5-4-11-21(22)24/h2-12,17H,13-16H2,1H3,(H,25,28). The van der Waals surface area contributed by atoms with Crippen molar-refractivity contribution in [2.24, 2.45) is 0 Å². The third-order valence-electron chi connectivity index (χ3n) is 5.39. The van der Waals surface area contributed by atoms with E-state index in [9.17, 15) is 4.79 Å². The number of hydrogen-bond donors (Lipinski definition) is 1. The van der Waals surface area contributed by atoms with Gasteiger partial charge in [-0.2, -0.15) is 0 Å². The molecule has 0 radical (unpaired) electrons. The van der Waals surface area contributed by atoms with E-state index in [1.54, 1.807) is 0 Å². The minimum atomic E-state index is -0.0554. The first-order valence-corrected chi connectivity index (χ1v) is 10.0. The summed E-state index contributed by atoms with van der Waals surface area (Å²) in [5.74, 6) is 0. The molecular formula is C23H24ClN3O. The lowest BCUT2D eigenvalue weighted by Gasteiger charge is -2.37. The Balaban J connectivity index is 1.40. The van der Waals surface area contributed by atoms with E-state index in [-0.39, 0.29) is 12.1 Å². The summed E-state index contributed by atoms with van der Waals surface area (Å²) in [5.41, 5.74) is 2.18. The smallest absolute Gasteiger partial charge is 0.317 e. The van der Waals surface area contributed by atoms with Crippen molar-refractivity contribution >= 4 is 34.1 Å². The van der Waals surface area contributed by atoms with Gasteiger partial charge in [0.2, 0.25) is 0 Å². The van der Waals surface area contributed by atoms with Crippen LogP contribution in [0, 0.1) is 0 Å². The Hall–Kier alpha value is -2.72. The number of hydrogen-bond acceptors (Lipinski definition) is 2. The summed E-state index contributed by atoms with van der Waals surface area (Å²) in [7, 11) is 0. The van der Waals surface area contributed by atoms with Crippen LogP contribution < -0.4 is 10.2 Å². The second-order valence-corrected chi connectivity index (χ2v) is 7.57. The summed E-state index contributed by atoms with van der Waals surface area (Å²) in [5, 5.41) is 6.29. The fourth-order valence-corrected chi connectivity index (χ4v) is 4.10. The summed E-state index contributed by atoms with van der Waals surface area (Å²) < 4.78 is 0. The zero-order chi connectivity index (χ0) is 19.5. The summed E-state index contributed by atoms with van der Waals surface area (Å²) in [6.07, 6.45) is 0. The van der Waals surface area contributed by atoms with Gasteiger partial charge in [0.25, 0.3) is 0 Å². The van der Waals surface area contributed by atoms with E-state index in [0.29, 0.717) is 13.1 Å². The molecule has 0 aliphatic carbocycles. The number of urea groups is 1. The predicted octanol–water partition coefficient (Wildman–Crippen LogP) is 5.09. The predicted molar refractivity (Wildman–Crippen MR) is 116 cm³/mol. The summed E-state index contributed by atoms with van der Waals surface area (Å²) in [6.45, 7) is 4.96. The van der Waals surface area contributed by atoms with Gasteiger partial charge in [-0.05, 0) is 35.4 Å². The van der Waals surface area contributed by atoms with Crippen LogP contribution in [0.2, 0.25) is 5.02 Å². The van der Waals surface area contributed by atoms with Crippen molar-refractivity contribution < 1.29 is 4.79 Å². The molecular weight excluding hydrogens is 370 g/mol. The topological polar surface area (TPSA) is 35.6 Å². The first kappa shape index (κ1) is 18.6. The number of carbonyl (C=O) groups excluding carboxylic acids is 1. The summed E-state index contributed by atoms with van der Waals surface area (Å²) in [4.78, 5) is 16.9. The molecule has 3 aromatic rings. The molecule has 1 N–H and O–H groups in total. The van der Waals surface area contributed by atoms with Crippen LogP contribution in [0.4, 0.5) is 10.5 Å². The first-order chi connectivity index (χ1) is 13.6. The van der Waals surface area contributed by atoms with Crippen molar-refractivity contribution in [1.29, 1.82) is 0 Å². The number of anilines is 1. The zero-order valence-electron chi connectivity index (χ0n) is 15.9. The van der Waals surface area contributed by atoms with Crippen LogP contribution in [0.1, 0.15) is 18.5 Å². The van der Waals surface area contributed by atoms with Gasteiger partial charge in [-0.3, -0.25) is 0 Å². The van der Waals surface area contributed by atoms with Crippen molar-refractivity contribution in [3.8, 4) is 0 Å². The SMILES string of the molecule is CC(NC(=O)N1CCN(c2ccccc2Cl)CC1)c1cccc2ccccc12. The van der Waals surface area contributed by atoms with Crippen LogP contribution in [0.15, 0.2) is 66.7 Å². The fraction of sp³-hybridized carbons (Fsp3) is 0.261. The van der Waals surface area contributed by atoms with E-state index in [2.05, 4.69) is 34.5 Å². The van der Waals surface area contributed by atoms with E-state index in [0.717, 1.165) is 29.4 Å². The average molecular weight is 394 g/mol. The molecule has 0 saturated carbocycles. The summed E-state index contributed by atoms with van der Waals surface area (Å²) >= 11 is 6.31. The molecule has 4 rings (SSSR count). The molecule has 1 heterocycles. The maximum Gasteiger partial charge on any atom is 0.317 e. The number of rotatable bonds is 3. The Labute approximate surface area is 170 Å². The van der Waals surface area contributed by atoms with Gasteiger partial charge >= 0.3 is 6.03 Å². The number of fused-ring (bicyclic) bond motifs is 1. The van der Waals surface area contributed by atoms with Gasteiger partial charge in [0.05, 0.1) is 16.8 Å². The van der Waals surface area contributed by atoms with Crippen LogP contribution in [-0.4, -0.2) is 37.1 Å². The van der Waals surface area contributed by atoms with Gasteiger partial charge in [0, 0.05) is 26.2 Å². The third kappa shape index (κ3) is 3.78. The van der Waals surface area contributed by atoms with Gasteiger partial charge < -0.3 is 15.1 Å². The lowest BCUT2D eigenvalue weighted by Crippen LogP contribution is -2.52. The number of benzene rings is 3. The highest BCUT2D eigenvalue weighted by Crippen LogP contribution is 2.27. The number of halogens is 1. The Bertz CT molecular complexity index is 977. The van der Waals surface area contributed by atoms with Crippen molar-refractivity contribution in [2.75, 3.05) is 31.1 Å². The zero-order valence-corrected chi connectivity index (χ0v) is 16.7. The molecule has 0 spiro atoms. The first-order valence-electron chi connectivity index (χ1n) is 9.66. The maximum atomic E-state index is 12.8. The van der Waals surface area contributed by atoms with E-state index < -0.39 is 0 Å². The molecule has 1 saturated heterocycles. The van der Waals surface area contributed by atoms with E-state index >= 15 is 0 Å². The van der Waals surface area contributed by atoms with Gasteiger partial charge in [-0.25, -0.2) is 4.79 Å². The molecule has 5 heteroatoms. The normalized spacial score (nSPS) is 15.5. The highest BCUT2D eigenvalue weighted by Gasteiger charge is 2.23. The Kier molecular flexibility index (Phi) is 5.40. The average Bonchev–Trinajstić information content (AvgIpc) is 2.73. The maximum absolute atomic E-state index is 12.8. The second kappa shape index (κ2) is 8.11. The number of nitrogens with zero attached hydrogens (tertiary/aromatic N) is 2. The van der Waals surface area contributed by atoms with Gasteiger partial charge in [-0.1, -0.05) is 66.2 Å². The molecule has 1 aliphatic rings. The Morgan fingerprint density at radius 1 is 0.929 bits per heavy atom. The van der Waals surface area contributed by atoms with Gasteiger partial charge in [0.15, 0.2) is 0 Å². The fourth-order valence-electron chi connectivity index (χ4n) is 3.84. The molecule has 1 aliphatic heterocycles. The van der Waals surface area contributed by atoms with E-state index in [1.165, 1.54) is 10.8 Å². The van der Waals surface area contributed by atoms with Gasteiger partial charge in [-0.15, -0.1) is 0 Å². The minimum Gasteiger partial charge on any atom is -0.367 e. The molecule has 0 aromatic heterocycles. The molecule has 28 heavy (non-hydrogen) atoms. The molecule has 144 valence electrons. The lowest BCUT2D eigenvalue weighted by molar-refractivity contribution is 0.191. The monoisotopic (exact) mass is 393 g/mol. The van der Waals surface area contributed by atoms with Gasteiger partial charge in [0.1, 0.15) is 0 Å². The molecule has 3 aromatic carbocycles. The third-order valence-corrected chi connectivity index (χ3v) is 5.71. The number of nitrogens with one attached hydrogen (secondary N) is 1. The number of para-hydroxylation sites is 1. The largest absolute Gasteiger partial charge is 0.367 e. The second-order valence-electron chi connectivity index (χ2n) is 7.17. The summed E-state index contributed by atoms with van der Waals surface area (Å²) in [6, 6.07) is 22.3. The van der Waals surface area contributed by atoms with Crippen LogP contribution in [0.3, 0.4) is 0 Å². The van der Waals surface area contributed by atoms with Crippen LogP contribution in [-0.2, 0) is 0 Å². The van der Waals surface area contributed by atoms with Crippen LogP contribution >= 0.6 is 11.6 Å². The minimum absolute atomic E-state index is 0.0146. The van der Waals surface area contributed by atoms with Crippen molar-refractivity contribution in [3.05, 3.63) is 77.3 Å². The van der Waals surface area contributed by atoms with E-state index in [4.69, 9.17) is 11.6 Å². The van der Waals surface area contributed by atoms with Crippen LogP contribution in [0.25, 0.3) is 10.8 Å². The number of amides is 2. The quantitative estimate of drug-likeness (QED) is 0.673. The lowest BCUT2D eigenvalue weighted by atomic mass is 10.00. The van der Waals surface area contributed by atoms with Crippen molar-refractivity contribution in [2.45, 2.75) is 13.0 Å². The van der Waals surface area contributed by atoms with Crippen molar-refractivity contribution in [3.63, 3.8) is 0 Å². The Morgan fingerprint density at radius 2 is 1.61 bits per heavy atom. The van der Waals surface area contributed by atoms with Crippen molar-refractivity contribution in [1.82, 2.24) is 10.2 Å². The molecule has 1 fully saturated rings. The van der Waals surface area contributed by atoms with E-state index in [1.807, 2.05) is 54.3 Å². The Morgan fingerprint density at radius 3 is 2.39 bits per heavy atom. The number of carbonyl (C=O) groups is 1. The molecule has 0 bridgehead atoms. The highest BCUT2D eigenvalue weighted by atomic mass is 35.5.